The number of rotatable bonds is 3. The Hall–Kier alpha value is -2.17. The topological polar surface area (TPSA) is 70.6 Å². The van der Waals surface area contributed by atoms with Crippen LogP contribution in [0, 0.1) is 17.8 Å². The summed E-state index contributed by atoms with van der Waals surface area (Å²) in [6.07, 6.45) is 1.44. The molecule has 1 heterocycles. The molecule has 0 aromatic heterocycles. The smallest absolute Gasteiger partial charge is 0.240 e. The Morgan fingerprint density at radius 3 is 2.52 bits per heavy atom. The van der Waals surface area contributed by atoms with Crippen molar-refractivity contribution in [3.05, 3.63) is 29.8 Å². The van der Waals surface area contributed by atoms with Gasteiger partial charge in [-0.2, -0.15) is 5.10 Å². The number of anilines is 1. The summed E-state index contributed by atoms with van der Waals surface area (Å²) in [5, 5.41) is 7.06. The number of benzene rings is 1. The van der Waals surface area contributed by atoms with Crippen molar-refractivity contribution < 1.29 is 9.59 Å². The van der Waals surface area contributed by atoms with Gasteiger partial charge in [-0.15, -0.1) is 0 Å². The molecule has 5 nitrogen and oxygen atoms in total. The highest BCUT2D eigenvalue weighted by molar-refractivity contribution is 6.06. The molecule has 1 aliphatic heterocycles. The van der Waals surface area contributed by atoms with E-state index >= 15 is 0 Å². The average molecular weight is 285 g/mol. The van der Waals surface area contributed by atoms with Gasteiger partial charge in [-0.3, -0.25) is 9.59 Å². The van der Waals surface area contributed by atoms with Crippen molar-refractivity contribution in [2.75, 3.05) is 5.32 Å². The number of carbonyl (C=O) groups excluding carboxylic acids is 2. The molecule has 3 unspecified atom stereocenters. The third-order valence-electron chi connectivity index (χ3n) is 4.15. The Kier molecular flexibility index (Phi) is 3.49. The number of hydrazone groups is 1. The van der Waals surface area contributed by atoms with Gasteiger partial charge in [0.05, 0.1) is 5.71 Å². The number of nitrogens with zero attached hydrogens (tertiary/aromatic N) is 1. The Bertz CT molecular complexity index is 606. The van der Waals surface area contributed by atoms with Gasteiger partial charge in [0.25, 0.3) is 0 Å². The second kappa shape index (κ2) is 5.31. The summed E-state index contributed by atoms with van der Waals surface area (Å²) in [4.78, 5) is 23.1. The summed E-state index contributed by atoms with van der Waals surface area (Å²) >= 11 is 0. The van der Waals surface area contributed by atoms with Crippen LogP contribution in [0.3, 0.4) is 0 Å². The van der Waals surface area contributed by atoms with Gasteiger partial charge in [0.1, 0.15) is 0 Å². The fourth-order valence-electron chi connectivity index (χ4n) is 2.65. The van der Waals surface area contributed by atoms with E-state index in [9.17, 15) is 9.59 Å². The molecular formula is C16H19N3O2. The van der Waals surface area contributed by atoms with E-state index in [4.69, 9.17) is 0 Å². The van der Waals surface area contributed by atoms with E-state index < -0.39 is 0 Å². The van der Waals surface area contributed by atoms with Crippen LogP contribution in [0.1, 0.15) is 32.3 Å². The molecule has 1 aromatic carbocycles. The quantitative estimate of drug-likeness (QED) is 0.893. The first kappa shape index (κ1) is 13.8. The fraction of sp³-hybridized carbons (Fsp3) is 0.438. The van der Waals surface area contributed by atoms with E-state index in [2.05, 4.69) is 22.8 Å². The maximum absolute atomic E-state index is 11.9. The maximum Gasteiger partial charge on any atom is 0.240 e. The van der Waals surface area contributed by atoms with Crippen molar-refractivity contribution in [3.63, 3.8) is 0 Å². The zero-order valence-corrected chi connectivity index (χ0v) is 12.2. The molecule has 3 atom stereocenters. The first-order valence-corrected chi connectivity index (χ1v) is 7.32. The van der Waals surface area contributed by atoms with Gasteiger partial charge < -0.3 is 5.32 Å². The van der Waals surface area contributed by atoms with Gasteiger partial charge in [0.2, 0.25) is 11.8 Å². The van der Waals surface area contributed by atoms with Crippen molar-refractivity contribution in [1.82, 2.24) is 5.43 Å². The summed E-state index contributed by atoms with van der Waals surface area (Å²) in [6.45, 7) is 4.08. The van der Waals surface area contributed by atoms with E-state index in [0.29, 0.717) is 12.3 Å². The van der Waals surface area contributed by atoms with Gasteiger partial charge in [-0.25, -0.2) is 5.43 Å². The third-order valence-corrected chi connectivity index (χ3v) is 4.15. The summed E-state index contributed by atoms with van der Waals surface area (Å²) in [5.41, 5.74) is 5.17. The van der Waals surface area contributed by atoms with E-state index in [1.807, 2.05) is 31.2 Å². The zero-order chi connectivity index (χ0) is 15.0. The Morgan fingerprint density at radius 2 is 1.95 bits per heavy atom. The third kappa shape index (κ3) is 2.96. The highest BCUT2D eigenvalue weighted by atomic mass is 16.2. The van der Waals surface area contributed by atoms with Gasteiger partial charge >= 0.3 is 0 Å². The van der Waals surface area contributed by atoms with Crippen molar-refractivity contribution >= 4 is 23.2 Å². The molecule has 0 radical (unpaired) electrons. The number of amides is 2. The summed E-state index contributed by atoms with van der Waals surface area (Å²) in [7, 11) is 0. The maximum atomic E-state index is 11.9. The monoisotopic (exact) mass is 285 g/mol. The second-order valence-corrected chi connectivity index (χ2v) is 6.02. The first-order chi connectivity index (χ1) is 10.0. The zero-order valence-electron chi connectivity index (χ0n) is 12.2. The van der Waals surface area contributed by atoms with Gasteiger partial charge in [-0.1, -0.05) is 26.0 Å². The molecule has 0 spiro atoms. The first-order valence-electron chi connectivity index (χ1n) is 7.32. The van der Waals surface area contributed by atoms with Gasteiger partial charge in [0, 0.05) is 23.9 Å². The van der Waals surface area contributed by atoms with Gasteiger partial charge in [-0.05, 0) is 30.0 Å². The lowest BCUT2D eigenvalue weighted by molar-refractivity contribution is -0.122. The molecule has 0 saturated heterocycles. The fourth-order valence-corrected chi connectivity index (χ4v) is 2.65. The Balaban J connectivity index is 1.69. The van der Waals surface area contributed by atoms with Crippen LogP contribution in [0.2, 0.25) is 0 Å². The minimum absolute atomic E-state index is 0.0475. The highest BCUT2D eigenvalue weighted by Gasteiger charge is 2.39. The lowest BCUT2D eigenvalue weighted by Gasteiger charge is -2.19. The Morgan fingerprint density at radius 1 is 1.29 bits per heavy atom. The molecule has 1 saturated carbocycles. The van der Waals surface area contributed by atoms with Crippen LogP contribution >= 0.6 is 0 Å². The standard InChI is InChI=1S/C16H19N3O2/c1-9-7-13(9)16(21)17-12-5-3-11(4-6-12)15-10(2)8-14(20)18-19-15/h3-6,9-10,13H,7-8H2,1-2H3,(H,17,21)(H,18,20). The molecule has 1 fully saturated rings. The minimum atomic E-state index is -0.0475. The number of nitrogens with one attached hydrogen (secondary N) is 2. The summed E-state index contributed by atoms with van der Waals surface area (Å²) in [6, 6.07) is 7.62. The largest absolute Gasteiger partial charge is 0.326 e. The molecule has 2 amide bonds. The van der Waals surface area contributed by atoms with E-state index in [1.165, 1.54) is 0 Å². The predicted octanol–water partition coefficient (Wildman–Crippen LogP) is 2.14. The van der Waals surface area contributed by atoms with Crippen LogP contribution in [0.25, 0.3) is 0 Å². The number of carbonyl (C=O) groups is 2. The molecule has 0 bridgehead atoms. The molecule has 1 aromatic rings. The van der Waals surface area contributed by atoms with Crippen molar-refractivity contribution in [2.24, 2.45) is 22.9 Å². The van der Waals surface area contributed by atoms with Crippen molar-refractivity contribution in [1.29, 1.82) is 0 Å². The Labute approximate surface area is 123 Å². The van der Waals surface area contributed by atoms with Crippen LogP contribution in [-0.4, -0.2) is 17.5 Å². The molecule has 110 valence electrons. The molecule has 3 rings (SSSR count). The van der Waals surface area contributed by atoms with E-state index in [0.717, 1.165) is 23.4 Å². The summed E-state index contributed by atoms with van der Waals surface area (Å²) < 4.78 is 0. The SMILES string of the molecule is CC1CC(=O)NN=C1c1ccc(NC(=O)C2CC2C)cc1. The highest BCUT2D eigenvalue weighted by Crippen LogP contribution is 2.38. The van der Waals surface area contributed by atoms with Crippen LogP contribution in [-0.2, 0) is 9.59 Å². The van der Waals surface area contributed by atoms with Crippen LogP contribution in [0.4, 0.5) is 5.69 Å². The van der Waals surface area contributed by atoms with Crippen LogP contribution < -0.4 is 10.7 Å². The van der Waals surface area contributed by atoms with E-state index in [-0.39, 0.29) is 23.7 Å². The lowest BCUT2D eigenvalue weighted by Crippen LogP contribution is -2.31. The minimum Gasteiger partial charge on any atom is -0.326 e. The van der Waals surface area contributed by atoms with Gasteiger partial charge in [0.15, 0.2) is 0 Å². The molecule has 2 N–H and O–H groups in total. The predicted molar refractivity (Wildman–Crippen MR) is 80.8 cm³/mol. The van der Waals surface area contributed by atoms with Crippen LogP contribution in [0.5, 0.6) is 0 Å². The molecule has 2 aliphatic rings. The second-order valence-electron chi connectivity index (χ2n) is 6.02. The van der Waals surface area contributed by atoms with E-state index in [1.54, 1.807) is 0 Å². The van der Waals surface area contributed by atoms with Crippen molar-refractivity contribution in [3.8, 4) is 0 Å². The molecule has 5 heteroatoms. The van der Waals surface area contributed by atoms with Crippen molar-refractivity contribution in [2.45, 2.75) is 26.7 Å². The molecular weight excluding hydrogens is 266 g/mol. The average Bonchev–Trinajstić information content (AvgIpc) is 3.17. The summed E-state index contributed by atoms with van der Waals surface area (Å²) in [5.74, 6) is 0.832. The molecule has 21 heavy (non-hydrogen) atoms. The van der Waals surface area contributed by atoms with Crippen LogP contribution in [0.15, 0.2) is 29.4 Å². The lowest BCUT2D eigenvalue weighted by atomic mass is 9.94. The number of hydrogen-bond acceptors (Lipinski definition) is 3. The number of hydrogen-bond donors (Lipinski definition) is 2. The normalized spacial score (nSPS) is 27.6. The molecule has 1 aliphatic carbocycles.